The van der Waals surface area contributed by atoms with Gasteiger partial charge in [0.05, 0.1) is 11.6 Å². The quantitative estimate of drug-likeness (QED) is 0.552. The summed E-state index contributed by atoms with van der Waals surface area (Å²) in [5.41, 5.74) is -0.824. The zero-order valence-electron chi connectivity index (χ0n) is 6.00. The van der Waals surface area contributed by atoms with E-state index in [4.69, 9.17) is 5.26 Å². The van der Waals surface area contributed by atoms with Gasteiger partial charge in [-0.1, -0.05) is 0 Å². The third-order valence-corrected chi connectivity index (χ3v) is 1.19. The number of nitrogens with zero attached hydrogens (tertiary/aromatic N) is 1. The number of nitriles is 1. The van der Waals surface area contributed by atoms with Gasteiger partial charge in [-0.25, -0.2) is 4.79 Å². The zero-order chi connectivity index (χ0) is 8.97. The lowest BCUT2D eigenvalue weighted by Gasteiger charge is -1.87. The molecule has 5 heteroatoms. The summed E-state index contributed by atoms with van der Waals surface area (Å²) in [6.45, 7) is 0. The minimum atomic E-state index is -0.561. The molecule has 0 bridgehead atoms. The summed E-state index contributed by atoms with van der Waals surface area (Å²) < 4.78 is 0. The molecule has 0 unspecified atom stereocenters. The van der Waals surface area contributed by atoms with Gasteiger partial charge in [0, 0.05) is 12.3 Å². The SMILES string of the molecule is N#CC=Cc1c[nH]c(=O)[nH]c1=O. The molecule has 0 saturated heterocycles. The summed E-state index contributed by atoms with van der Waals surface area (Å²) in [7, 11) is 0. The number of rotatable bonds is 1. The lowest BCUT2D eigenvalue weighted by Crippen LogP contribution is -2.22. The van der Waals surface area contributed by atoms with Gasteiger partial charge in [0.15, 0.2) is 0 Å². The van der Waals surface area contributed by atoms with Crippen LogP contribution < -0.4 is 11.2 Å². The fourth-order valence-electron chi connectivity index (χ4n) is 0.671. The second-order valence-electron chi connectivity index (χ2n) is 1.99. The van der Waals surface area contributed by atoms with E-state index in [1.54, 1.807) is 6.07 Å². The molecule has 1 aromatic rings. The summed E-state index contributed by atoms with van der Waals surface area (Å²) in [6, 6.07) is 1.73. The van der Waals surface area contributed by atoms with E-state index in [-0.39, 0.29) is 5.56 Å². The number of aromatic amines is 2. The molecular weight excluding hydrogens is 158 g/mol. The molecule has 1 heterocycles. The number of aromatic nitrogens is 2. The lowest BCUT2D eigenvalue weighted by molar-refractivity contribution is 1.03. The number of nitrogens with one attached hydrogen (secondary N) is 2. The Morgan fingerprint density at radius 2 is 2.25 bits per heavy atom. The molecule has 0 fully saturated rings. The van der Waals surface area contributed by atoms with Crippen LogP contribution in [0.2, 0.25) is 0 Å². The normalized spacial score (nSPS) is 9.92. The molecule has 1 rings (SSSR count). The molecule has 0 saturated carbocycles. The summed E-state index contributed by atoms with van der Waals surface area (Å²) in [4.78, 5) is 25.7. The Hall–Kier alpha value is -2.09. The second kappa shape index (κ2) is 3.34. The topological polar surface area (TPSA) is 89.5 Å². The summed E-state index contributed by atoms with van der Waals surface area (Å²) >= 11 is 0. The van der Waals surface area contributed by atoms with E-state index < -0.39 is 11.2 Å². The number of hydrogen-bond acceptors (Lipinski definition) is 3. The van der Waals surface area contributed by atoms with Crippen LogP contribution in [0.15, 0.2) is 21.9 Å². The van der Waals surface area contributed by atoms with Gasteiger partial charge >= 0.3 is 5.69 Å². The first-order chi connectivity index (χ1) is 5.74. The van der Waals surface area contributed by atoms with Crippen LogP contribution in [0, 0.1) is 11.3 Å². The van der Waals surface area contributed by atoms with Crippen LogP contribution in [0.25, 0.3) is 6.08 Å². The van der Waals surface area contributed by atoms with Crippen LogP contribution in [0.4, 0.5) is 0 Å². The highest BCUT2D eigenvalue weighted by Gasteiger charge is 1.93. The summed E-state index contributed by atoms with van der Waals surface area (Å²) in [5.74, 6) is 0. The molecule has 0 amide bonds. The van der Waals surface area contributed by atoms with E-state index in [2.05, 4.69) is 4.98 Å². The minimum absolute atomic E-state index is 0.246. The number of H-pyrrole nitrogens is 2. The van der Waals surface area contributed by atoms with Gasteiger partial charge in [0.1, 0.15) is 0 Å². The highest BCUT2D eigenvalue weighted by molar-refractivity contribution is 5.48. The van der Waals surface area contributed by atoms with Gasteiger partial charge in [0.25, 0.3) is 5.56 Å². The van der Waals surface area contributed by atoms with Crippen LogP contribution in [-0.4, -0.2) is 9.97 Å². The van der Waals surface area contributed by atoms with E-state index in [0.717, 1.165) is 6.08 Å². The molecule has 0 aliphatic rings. The molecule has 0 atom stereocenters. The fourth-order valence-corrected chi connectivity index (χ4v) is 0.671. The van der Waals surface area contributed by atoms with Crippen molar-refractivity contribution in [2.45, 2.75) is 0 Å². The molecule has 2 N–H and O–H groups in total. The van der Waals surface area contributed by atoms with Crippen molar-refractivity contribution >= 4 is 6.08 Å². The van der Waals surface area contributed by atoms with Gasteiger partial charge in [-0.05, 0) is 6.08 Å². The third-order valence-electron chi connectivity index (χ3n) is 1.19. The van der Waals surface area contributed by atoms with E-state index in [1.165, 1.54) is 12.3 Å². The molecule has 0 radical (unpaired) electrons. The fraction of sp³-hybridized carbons (Fsp3) is 0. The Labute approximate surface area is 67.0 Å². The monoisotopic (exact) mass is 163 g/mol. The maximum Gasteiger partial charge on any atom is 0.325 e. The Morgan fingerprint density at radius 3 is 2.83 bits per heavy atom. The Bertz CT molecular complexity index is 447. The molecule has 1 aromatic heterocycles. The molecular formula is C7H5N3O2. The first-order valence-corrected chi connectivity index (χ1v) is 3.12. The largest absolute Gasteiger partial charge is 0.325 e. The van der Waals surface area contributed by atoms with E-state index in [9.17, 15) is 9.59 Å². The van der Waals surface area contributed by atoms with Crippen LogP contribution in [0.5, 0.6) is 0 Å². The number of allylic oxidation sites excluding steroid dienone is 1. The average molecular weight is 163 g/mol. The standard InChI is InChI=1S/C7H5N3O2/c8-3-1-2-5-4-9-7(12)10-6(5)11/h1-2,4H,(H2,9,10,11,12). The van der Waals surface area contributed by atoms with Crippen LogP contribution in [0.1, 0.15) is 5.56 Å². The smallest absolute Gasteiger partial charge is 0.314 e. The lowest BCUT2D eigenvalue weighted by atomic mass is 10.3. The average Bonchev–Trinajstić information content (AvgIpc) is 2.03. The van der Waals surface area contributed by atoms with Crippen molar-refractivity contribution in [2.24, 2.45) is 0 Å². The van der Waals surface area contributed by atoms with Gasteiger partial charge in [-0.3, -0.25) is 9.78 Å². The molecule has 0 aliphatic heterocycles. The molecule has 0 aliphatic carbocycles. The first kappa shape index (κ1) is 8.01. The van der Waals surface area contributed by atoms with Crippen molar-refractivity contribution in [3.8, 4) is 6.07 Å². The Balaban J connectivity index is 3.21. The third kappa shape index (κ3) is 1.70. The highest BCUT2D eigenvalue weighted by atomic mass is 16.2. The van der Waals surface area contributed by atoms with Gasteiger partial charge in [-0.2, -0.15) is 5.26 Å². The first-order valence-electron chi connectivity index (χ1n) is 3.12. The predicted octanol–water partition coefficient (Wildman–Crippen LogP) is -0.400. The maximum atomic E-state index is 10.9. The van der Waals surface area contributed by atoms with Gasteiger partial charge < -0.3 is 4.98 Å². The molecule has 0 spiro atoms. The summed E-state index contributed by atoms with van der Waals surface area (Å²) in [6.07, 6.45) is 3.71. The number of hydrogen-bond donors (Lipinski definition) is 2. The minimum Gasteiger partial charge on any atom is -0.314 e. The Morgan fingerprint density at radius 1 is 1.50 bits per heavy atom. The highest BCUT2D eigenvalue weighted by Crippen LogP contribution is 1.87. The van der Waals surface area contributed by atoms with E-state index >= 15 is 0 Å². The molecule has 0 aromatic carbocycles. The van der Waals surface area contributed by atoms with Gasteiger partial charge in [0.2, 0.25) is 0 Å². The van der Waals surface area contributed by atoms with Crippen LogP contribution in [-0.2, 0) is 0 Å². The Kier molecular flexibility index (Phi) is 2.23. The van der Waals surface area contributed by atoms with Crippen molar-refractivity contribution in [2.75, 3.05) is 0 Å². The molecule has 5 nitrogen and oxygen atoms in total. The summed E-state index contributed by atoms with van der Waals surface area (Å²) in [5, 5.41) is 8.15. The molecule has 60 valence electrons. The van der Waals surface area contributed by atoms with Gasteiger partial charge in [-0.15, -0.1) is 0 Å². The maximum absolute atomic E-state index is 10.9. The zero-order valence-corrected chi connectivity index (χ0v) is 6.00. The van der Waals surface area contributed by atoms with Crippen molar-refractivity contribution in [1.29, 1.82) is 5.26 Å². The van der Waals surface area contributed by atoms with Crippen molar-refractivity contribution in [1.82, 2.24) is 9.97 Å². The van der Waals surface area contributed by atoms with Crippen LogP contribution in [0.3, 0.4) is 0 Å². The second-order valence-corrected chi connectivity index (χ2v) is 1.99. The van der Waals surface area contributed by atoms with E-state index in [0.29, 0.717) is 0 Å². The predicted molar refractivity (Wildman–Crippen MR) is 42.3 cm³/mol. The van der Waals surface area contributed by atoms with Crippen molar-refractivity contribution in [3.05, 3.63) is 38.7 Å². The van der Waals surface area contributed by atoms with Crippen molar-refractivity contribution < 1.29 is 0 Å². The molecule has 12 heavy (non-hydrogen) atoms. The van der Waals surface area contributed by atoms with Crippen molar-refractivity contribution in [3.63, 3.8) is 0 Å². The van der Waals surface area contributed by atoms with E-state index in [1.807, 2.05) is 4.98 Å². The van der Waals surface area contributed by atoms with Crippen LogP contribution >= 0.6 is 0 Å².